The summed E-state index contributed by atoms with van der Waals surface area (Å²) in [4.78, 5) is 0. The molecule has 0 aliphatic carbocycles. The molecule has 0 radical (unpaired) electrons. The molecule has 6 heteroatoms. The van der Waals surface area contributed by atoms with Crippen LogP contribution in [0.2, 0.25) is 0 Å². The molecule has 0 atom stereocenters. The molecule has 1 heterocycles. The molecule has 0 bridgehead atoms. The van der Waals surface area contributed by atoms with Crippen LogP contribution in [-0.4, -0.2) is 27.1 Å². The number of thioether (sulfide) groups is 1. The van der Waals surface area contributed by atoms with Gasteiger partial charge in [0.2, 0.25) is 0 Å². The quantitative estimate of drug-likeness (QED) is 0.260. The molecule has 0 amide bonds. The Morgan fingerprint density at radius 1 is 0.857 bits per heavy atom. The lowest BCUT2D eigenvalue weighted by Gasteiger charge is -2.10. The van der Waals surface area contributed by atoms with Gasteiger partial charge >= 0.3 is 0 Å². The Morgan fingerprint density at radius 3 is 2.36 bits per heavy atom. The van der Waals surface area contributed by atoms with Crippen molar-refractivity contribution in [2.75, 3.05) is 12.4 Å². The average Bonchev–Trinajstić information content (AvgIpc) is 3.16. The lowest BCUT2D eigenvalue weighted by Crippen LogP contribution is -2.03. The molecule has 0 N–H and O–H groups in total. The van der Waals surface area contributed by atoms with Gasteiger partial charge in [-0.15, -0.1) is 10.2 Å². The minimum atomic E-state index is 0.587. The standard InChI is InChI=1S/C22H18BrN3OS/c23-18-10-7-13-20(16-18)27-14-15-28-22-25-24-21(17-8-3-1-4-9-17)26(22)19-11-5-2-6-12-19/h1-13,16H,14-15H2. The maximum Gasteiger partial charge on any atom is 0.196 e. The minimum Gasteiger partial charge on any atom is -0.493 e. The SMILES string of the molecule is Brc1cccc(OCCSc2nnc(-c3ccccc3)n2-c2ccccc2)c1. The summed E-state index contributed by atoms with van der Waals surface area (Å²) in [5.41, 5.74) is 2.08. The Kier molecular flexibility index (Phi) is 6.09. The number of para-hydroxylation sites is 1. The van der Waals surface area contributed by atoms with Crippen molar-refractivity contribution in [2.24, 2.45) is 0 Å². The largest absolute Gasteiger partial charge is 0.493 e. The van der Waals surface area contributed by atoms with Crippen molar-refractivity contribution in [3.8, 4) is 22.8 Å². The van der Waals surface area contributed by atoms with E-state index < -0.39 is 0 Å². The molecule has 3 aromatic carbocycles. The fourth-order valence-corrected chi connectivity index (χ4v) is 3.94. The van der Waals surface area contributed by atoms with Crippen LogP contribution in [0.25, 0.3) is 17.1 Å². The van der Waals surface area contributed by atoms with Gasteiger partial charge in [-0.3, -0.25) is 4.57 Å². The van der Waals surface area contributed by atoms with Gasteiger partial charge in [0.25, 0.3) is 0 Å². The second-order valence-electron chi connectivity index (χ2n) is 6.00. The fraction of sp³-hybridized carbons (Fsp3) is 0.0909. The molecule has 1 aromatic heterocycles. The highest BCUT2D eigenvalue weighted by Gasteiger charge is 2.15. The van der Waals surface area contributed by atoms with Crippen LogP contribution in [0.15, 0.2) is 94.6 Å². The Balaban J connectivity index is 1.53. The lowest BCUT2D eigenvalue weighted by atomic mass is 10.2. The molecule has 0 saturated heterocycles. The molecule has 0 aliphatic rings. The molecular formula is C22H18BrN3OS. The summed E-state index contributed by atoms with van der Waals surface area (Å²) in [6.07, 6.45) is 0. The summed E-state index contributed by atoms with van der Waals surface area (Å²) in [7, 11) is 0. The van der Waals surface area contributed by atoms with Gasteiger partial charge in [0.05, 0.1) is 6.61 Å². The van der Waals surface area contributed by atoms with Crippen LogP contribution in [0, 0.1) is 0 Å². The van der Waals surface area contributed by atoms with E-state index in [1.165, 1.54) is 0 Å². The van der Waals surface area contributed by atoms with Crippen LogP contribution in [0.5, 0.6) is 5.75 Å². The van der Waals surface area contributed by atoms with Crippen LogP contribution < -0.4 is 4.74 Å². The first kappa shape index (κ1) is 18.8. The van der Waals surface area contributed by atoms with E-state index >= 15 is 0 Å². The van der Waals surface area contributed by atoms with E-state index in [9.17, 15) is 0 Å². The first-order valence-corrected chi connectivity index (χ1v) is 10.7. The highest BCUT2D eigenvalue weighted by atomic mass is 79.9. The summed E-state index contributed by atoms with van der Waals surface area (Å²) in [5.74, 6) is 2.46. The Bertz CT molecular complexity index is 1040. The van der Waals surface area contributed by atoms with Gasteiger partial charge in [-0.05, 0) is 30.3 Å². The minimum absolute atomic E-state index is 0.587. The van der Waals surface area contributed by atoms with Crippen LogP contribution in [0.3, 0.4) is 0 Å². The van der Waals surface area contributed by atoms with E-state index in [2.05, 4.69) is 42.8 Å². The van der Waals surface area contributed by atoms with E-state index in [1.54, 1.807) is 11.8 Å². The van der Waals surface area contributed by atoms with E-state index in [1.807, 2.05) is 72.8 Å². The number of hydrogen-bond donors (Lipinski definition) is 0. The molecule has 0 saturated carbocycles. The van der Waals surface area contributed by atoms with Gasteiger partial charge in [-0.1, -0.05) is 82.3 Å². The second kappa shape index (κ2) is 9.08. The van der Waals surface area contributed by atoms with Crippen molar-refractivity contribution < 1.29 is 4.74 Å². The van der Waals surface area contributed by atoms with Gasteiger partial charge in [-0.2, -0.15) is 0 Å². The highest BCUT2D eigenvalue weighted by Crippen LogP contribution is 2.28. The predicted molar refractivity (Wildman–Crippen MR) is 117 cm³/mol. The first-order valence-electron chi connectivity index (χ1n) is 8.89. The summed E-state index contributed by atoms with van der Waals surface area (Å²) in [6, 6.07) is 28.2. The van der Waals surface area contributed by atoms with Crippen LogP contribution >= 0.6 is 27.7 Å². The third-order valence-electron chi connectivity index (χ3n) is 4.06. The predicted octanol–water partition coefficient (Wildman–Crippen LogP) is 5.87. The van der Waals surface area contributed by atoms with Crippen molar-refractivity contribution in [2.45, 2.75) is 5.16 Å². The number of halogens is 1. The molecule has 0 spiro atoms. The van der Waals surface area contributed by atoms with E-state index in [0.29, 0.717) is 6.61 Å². The summed E-state index contributed by atoms with van der Waals surface area (Å²) < 4.78 is 8.94. The van der Waals surface area contributed by atoms with Crippen molar-refractivity contribution in [1.82, 2.24) is 14.8 Å². The topological polar surface area (TPSA) is 39.9 Å². The highest BCUT2D eigenvalue weighted by molar-refractivity contribution is 9.10. The molecule has 28 heavy (non-hydrogen) atoms. The Hall–Kier alpha value is -2.57. The van der Waals surface area contributed by atoms with Gasteiger partial charge in [0, 0.05) is 21.5 Å². The van der Waals surface area contributed by atoms with Crippen molar-refractivity contribution >= 4 is 27.7 Å². The molecule has 140 valence electrons. The number of nitrogens with zero attached hydrogens (tertiary/aromatic N) is 3. The zero-order chi connectivity index (χ0) is 19.2. The van der Waals surface area contributed by atoms with E-state index in [4.69, 9.17) is 4.74 Å². The second-order valence-corrected chi connectivity index (χ2v) is 7.98. The van der Waals surface area contributed by atoms with Crippen molar-refractivity contribution in [1.29, 1.82) is 0 Å². The summed E-state index contributed by atoms with van der Waals surface area (Å²) >= 11 is 5.09. The number of rotatable bonds is 7. The van der Waals surface area contributed by atoms with Crippen molar-refractivity contribution in [3.05, 3.63) is 89.4 Å². The van der Waals surface area contributed by atoms with E-state index in [-0.39, 0.29) is 0 Å². The van der Waals surface area contributed by atoms with Crippen LogP contribution in [-0.2, 0) is 0 Å². The smallest absolute Gasteiger partial charge is 0.196 e. The fourth-order valence-electron chi connectivity index (χ4n) is 2.80. The van der Waals surface area contributed by atoms with Crippen LogP contribution in [0.4, 0.5) is 0 Å². The number of ether oxygens (including phenoxy) is 1. The maximum atomic E-state index is 5.84. The van der Waals surface area contributed by atoms with Gasteiger partial charge in [0.1, 0.15) is 5.75 Å². The first-order chi connectivity index (χ1) is 13.8. The zero-order valence-corrected chi connectivity index (χ0v) is 17.4. The van der Waals surface area contributed by atoms with E-state index in [0.717, 1.165) is 38.2 Å². The Morgan fingerprint density at radius 2 is 1.61 bits per heavy atom. The molecule has 4 nitrogen and oxygen atoms in total. The third kappa shape index (κ3) is 4.46. The summed E-state index contributed by atoms with van der Waals surface area (Å²) in [6.45, 7) is 0.587. The molecule has 4 aromatic rings. The molecule has 0 aliphatic heterocycles. The monoisotopic (exact) mass is 451 g/mol. The number of aromatic nitrogens is 3. The van der Waals surface area contributed by atoms with Crippen molar-refractivity contribution in [3.63, 3.8) is 0 Å². The maximum absolute atomic E-state index is 5.84. The normalized spacial score (nSPS) is 10.8. The van der Waals surface area contributed by atoms with Gasteiger partial charge in [-0.25, -0.2) is 0 Å². The number of hydrogen-bond acceptors (Lipinski definition) is 4. The molecule has 4 rings (SSSR count). The Labute approximate surface area is 176 Å². The number of benzene rings is 3. The lowest BCUT2D eigenvalue weighted by molar-refractivity contribution is 0.343. The summed E-state index contributed by atoms with van der Waals surface area (Å²) in [5, 5.41) is 9.75. The molecule has 0 fully saturated rings. The van der Waals surface area contributed by atoms with Gasteiger partial charge in [0.15, 0.2) is 11.0 Å². The zero-order valence-electron chi connectivity index (χ0n) is 15.0. The average molecular weight is 452 g/mol. The van der Waals surface area contributed by atoms with Crippen LogP contribution in [0.1, 0.15) is 0 Å². The molecule has 0 unspecified atom stereocenters. The third-order valence-corrected chi connectivity index (χ3v) is 5.45. The van der Waals surface area contributed by atoms with Gasteiger partial charge < -0.3 is 4.74 Å². The molecular weight excluding hydrogens is 434 g/mol.